The largest absolute Gasteiger partial charge is 0.452 e. The van der Waals surface area contributed by atoms with Gasteiger partial charge < -0.3 is 14.6 Å². The first-order valence-electron chi connectivity index (χ1n) is 12.8. The number of benzene rings is 2. The van der Waals surface area contributed by atoms with Crippen LogP contribution in [0.4, 0.5) is 14.5 Å². The van der Waals surface area contributed by atoms with Crippen molar-refractivity contribution in [1.29, 1.82) is 0 Å². The number of rotatable bonds is 6. The van der Waals surface area contributed by atoms with Crippen LogP contribution in [0.1, 0.15) is 41.6 Å². The lowest BCUT2D eigenvalue weighted by Gasteiger charge is -2.20. The maximum Gasteiger partial charge on any atom is 0.261 e. The van der Waals surface area contributed by atoms with E-state index in [1.165, 1.54) is 42.6 Å². The number of pyridine rings is 3. The van der Waals surface area contributed by atoms with Crippen LogP contribution in [-0.2, 0) is 0 Å². The lowest BCUT2D eigenvalue weighted by molar-refractivity contribution is 0.102. The van der Waals surface area contributed by atoms with E-state index in [9.17, 15) is 14.0 Å². The maximum atomic E-state index is 15.1. The minimum atomic E-state index is -0.725. The topological polar surface area (TPSA) is 86.1 Å². The number of aryl methyl sites for hydroxylation is 1. The molecule has 1 N–H and O–H groups in total. The zero-order valence-electron chi connectivity index (χ0n) is 22.6. The number of aromatic nitrogens is 3. The summed E-state index contributed by atoms with van der Waals surface area (Å²) >= 11 is 3.43. The van der Waals surface area contributed by atoms with Crippen LogP contribution in [0.5, 0.6) is 11.5 Å². The summed E-state index contributed by atoms with van der Waals surface area (Å²) in [4.78, 5) is 35.6. The number of halogens is 3. The van der Waals surface area contributed by atoms with E-state index in [1.54, 1.807) is 29.8 Å². The molecular formula is C31H25BrF2N4O3. The average Bonchev–Trinajstić information content (AvgIpc) is 2.92. The molecular weight excluding hydrogens is 594 g/mol. The number of carbonyl (C=O) groups excluding carboxylic acids is 1. The van der Waals surface area contributed by atoms with Gasteiger partial charge in [-0.3, -0.25) is 14.6 Å². The lowest BCUT2D eigenvalue weighted by atomic mass is 10.00. The Morgan fingerprint density at radius 2 is 1.76 bits per heavy atom. The number of amides is 1. The van der Waals surface area contributed by atoms with Crippen LogP contribution in [0.2, 0.25) is 0 Å². The van der Waals surface area contributed by atoms with Gasteiger partial charge in [-0.15, -0.1) is 0 Å². The van der Waals surface area contributed by atoms with Crippen molar-refractivity contribution < 1.29 is 18.3 Å². The van der Waals surface area contributed by atoms with Gasteiger partial charge in [0.1, 0.15) is 16.9 Å². The Hall–Kier alpha value is -4.44. The Labute approximate surface area is 243 Å². The summed E-state index contributed by atoms with van der Waals surface area (Å²) in [6, 6.07) is 12.8. The fraction of sp³-hybridized carbons (Fsp3) is 0.161. The van der Waals surface area contributed by atoms with Crippen LogP contribution in [0.3, 0.4) is 0 Å². The maximum absolute atomic E-state index is 15.1. The molecule has 0 saturated heterocycles. The van der Waals surface area contributed by atoms with E-state index in [-0.39, 0.29) is 23.0 Å². The van der Waals surface area contributed by atoms with Gasteiger partial charge >= 0.3 is 0 Å². The number of nitrogens with zero attached hydrogens (tertiary/aromatic N) is 3. The standard InChI is InChI=1S/C31H25BrF2N4O3/c1-16(2)38-15-22(30(39)28(18(38)4)19-5-7-20(33)8-6-19)31(40)37-21-9-10-26(24(34)13-21)41-27-11-12-35-25-14-23(32)17(3)36-29(25)27/h5-16H,1-4H3,(H,37,40). The van der Waals surface area contributed by atoms with E-state index < -0.39 is 23.0 Å². The molecule has 0 fully saturated rings. The molecule has 0 aliphatic heterocycles. The monoisotopic (exact) mass is 618 g/mol. The van der Waals surface area contributed by atoms with Crippen LogP contribution >= 0.6 is 15.9 Å². The molecule has 10 heteroatoms. The van der Waals surface area contributed by atoms with Crippen molar-refractivity contribution in [3.8, 4) is 22.6 Å². The molecule has 0 atom stereocenters. The molecule has 0 spiro atoms. The van der Waals surface area contributed by atoms with Gasteiger partial charge in [-0.2, -0.15) is 0 Å². The van der Waals surface area contributed by atoms with Crippen LogP contribution in [0.25, 0.3) is 22.2 Å². The third kappa shape index (κ3) is 5.60. The third-order valence-corrected chi connectivity index (χ3v) is 7.44. The van der Waals surface area contributed by atoms with Crippen molar-refractivity contribution in [2.45, 2.75) is 33.7 Å². The molecule has 3 heterocycles. The normalized spacial score (nSPS) is 11.2. The van der Waals surface area contributed by atoms with Gasteiger partial charge in [0.25, 0.3) is 5.91 Å². The van der Waals surface area contributed by atoms with Gasteiger partial charge in [-0.1, -0.05) is 12.1 Å². The predicted octanol–water partition coefficient (Wildman–Crippen LogP) is 7.74. The van der Waals surface area contributed by atoms with E-state index in [4.69, 9.17) is 4.74 Å². The number of carbonyl (C=O) groups is 1. The molecule has 5 aromatic rings. The third-order valence-electron chi connectivity index (χ3n) is 6.64. The van der Waals surface area contributed by atoms with Crippen molar-refractivity contribution in [3.63, 3.8) is 0 Å². The molecule has 41 heavy (non-hydrogen) atoms. The van der Waals surface area contributed by atoms with Crippen molar-refractivity contribution in [3.05, 3.63) is 110 Å². The molecule has 0 bridgehead atoms. The smallest absolute Gasteiger partial charge is 0.261 e. The Kier molecular flexibility index (Phi) is 7.68. The van der Waals surface area contributed by atoms with Crippen molar-refractivity contribution in [1.82, 2.24) is 14.5 Å². The second-order valence-corrected chi connectivity index (χ2v) is 10.6. The number of ether oxygens (including phenoxy) is 1. The van der Waals surface area contributed by atoms with Crippen LogP contribution in [0.15, 0.2) is 76.3 Å². The van der Waals surface area contributed by atoms with E-state index in [0.717, 1.165) is 16.2 Å². The van der Waals surface area contributed by atoms with E-state index in [2.05, 4.69) is 31.2 Å². The number of fused-ring (bicyclic) bond motifs is 1. The lowest BCUT2D eigenvalue weighted by Crippen LogP contribution is -2.26. The zero-order chi connectivity index (χ0) is 29.4. The highest BCUT2D eigenvalue weighted by Gasteiger charge is 2.21. The summed E-state index contributed by atoms with van der Waals surface area (Å²) in [6.07, 6.45) is 3.03. The van der Waals surface area contributed by atoms with E-state index in [1.807, 2.05) is 20.8 Å². The molecule has 0 radical (unpaired) electrons. The molecule has 3 aromatic heterocycles. The molecule has 0 aliphatic carbocycles. The molecule has 7 nitrogen and oxygen atoms in total. The highest BCUT2D eigenvalue weighted by atomic mass is 79.9. The first-order chi connectivity index (χ1) is 19.5. The van der Waals surface area contributed by atoms with Gasteiger partial charge in [0.2, 0.25) is 5.43 Å². The number of anilines is 1. The number of hydrogen-bond acceptors (Lipinski definition) is 5. The minimum absolute atomic E-state index is 0.0705. The quantitative estimate of drug-likeness (QED) is 0.210. The van der Waals surface area contributed by atoms with Crippen molar-refractivity contribution in [2.75, 3.05) is 5.32 Å². The second kappa shape index (κ2) is 11.2. The Balaban J connectivity index is 1.45. The van der Waals surface area contributed by atoms with Crippen LogP contribution in [-0.4, -0.2) is 20.4 Å². The summed E-state index contributed by atoms with van der Waals surface area (Å²) < 4.78 is 37.1. The highest BCUT2D eigenvalue weighted by molar-refractivity contribution is 9.10. The predicted molar refractivity (Wildman–Crippen MR) is 158 cm³/mol. The number of nitrogens with one attached hydrogen (secondary N) is 1. The summed E-state index contributed by atoms with van der Waals surface area (Å²) in [5.41, 5.74) is 2.70. The fourth-order valence-corrected chi connectivity index (χ4v) is 4.86. The summed E-state index contributed by atoms with van der Waals surface area (Å²) in [5.74, 6) is -1.61. The van der Waals surface area contributed by atoms with Crippen molar-refractivity contribution in [2.24, 2.45) is 0 Å². The molecule has 0 aliphatic rings. The summed E-state index contributed by atoms with van der Waals surface area (Å²) in [5, 5.41) is 2.61. The summed E-state index contributed by atoms with van der Waals surface area (Å²) in [7, 11) is 0. The van der Waals surface area contributed by atoms with Gasteiger partial charge in [-0.05, 0) is 79.5 Å². The average molecular weight is 619 g/mol. The molecule has 0 unspecified atom stereocenters. The van der Waals surface area contributed by atoms with E-state index in [0.29, 0.717) is 33.6 Å². The van der Waals surface area contributed by atoms with Gasteiger partial charge in [0, 0.05) is 52.0 Å². The molecule has 1 amide bonds. The highest BCUT2D eigenvalue weighted by Crippen LogP contribution is 2.32. The van der Waals surface area contributed by atoms with Crippen LogP contribution in [0, 0.1) is 25.5 Å². The molecule has 208 valence electrons. The number of hydrogen-bond donors (Lipinski definition) is 1. The van der Waals surface area contributed by atoms with Gasteiger partial charge in [0.05, 0.1) is 11.2 Å². The molecule has 5 rings (SSSR count). The molecule has 2 aromatic carbocycles. The van der Waals surface area contributed by atoms with Gasteiger partial charge in [0.15, 0.2) is 17.3 Å². The SMILES string of the molecule is Cc1nc2c(Oc3ccc(NC(=O)c4cn(C(C)C)c(C)c(-c5ccc(F)cc5)c4=O)cc3F)ccnc2cc1Br. The van der Waals surface area contributed by atoms with Crippen LogP contribution < -0.4 is 15.5 Å². The van der Waals surface area contributed by atoms with Crippen molar-refractivity contribution >= 4 is 38.6 Å². The van der Waals surface area contributed by atoms with E-state index >= 15 is 4.39 Å². The Morgan fingerprint density at radius 3 is 2.44 bits per heavy atom. The first kappa shape index (κ1) is 28.1. The second-order valence-electron chi connectivity index (χ2n) is 9.77. The Bertz CT molecular complexity index is 1870. The summed E-state index contributed by atoms with van der Waals surface area (Å²) in [6.45, 7) is 7.44. The molecule has 0 saturated carbocycles. The fourth-order valence-electron chi connectivity index (χ4n) is 4.55. The van der Waals surface area contributed by atoms with Gasteiger partial charge in [-0.25, -0.2) is 13.8 Å². The Morgan fingerprint density at radius 1 is 1.02 bits per heavy atom. The first-order valence-corrected chi connectivity index (χ1v) is 13.5. The minimum Gasteiger partial charge on any atom is -0.452 e. The zero-order valence-corrected chi connectivity index (χ0v) is 24.2.